The zero-order valence-electron chi connectivity index (χ0n) is 18.1. The summed E-state index contributed by atoms with van der Waals surface area (Å²) in [4.78, 5) is 24.4. The number of methoxy groups -OCH3 is 1. The van der Waals surface area contributed by atoms with Crippen LogP contribution in [0.1, 0.15) is 35.7 Å². The van der Waals surface area contributed by atoms with Crippen molar-refractivity contribution in [2.75, 3.05) is 29.8 Å². The molecule has 172 valence electrons. The van der Waals surface area contributed by atoms with Crippen molar-refractivity contribution in [3.8, 4) is 5.75 Å². The molecule has 1 amide bonds. The minimum Gasteiger partial charge on any atom is -0.497 e. The fourth-order valence-corrected chi connectivity index (χ4v) is 4.25. The summed E-state index contributed by atoms with van der Waals surface area (Å²) in [5, 5.41) is 11.3. The maximum Gasteiger partial charge on any atom is 0.303 e. The third-order valence-electron chi connectivity index (χ3n) is 4.95. The van der Waals surface area contributed by atoms with Crippen LogP contribution in [0.2, 0.25) is 0 Å². The van der Waals surface area contributed by atoms with Gasteiger partial charge in [0.25, 0.3) is 5.91 Å². The molecule has 10 nitrogen and oxygen atoms in total. The predicted octanol–water partition coefficient (Wildman–Crippen LogP) is 2.50. The van der Waals surface area contributed by atoms with E-state index >= 15 is 0 Å². The lowest BCUT2D eigenvalue weighted by molar-refractivity contribution is -0.137. The topological polar surface area (TPSA) is 119 Å². The summed E-state index contributed by atoms with van der Waals surface area (Å²) < 4.78 is 31.8. The van der Waals surface area contributed by atoms with E-state index in [9.17, 15) is 18.0 Å². The number of aryl methyl sites for hydroxylation is 1. The normalized spacial score (nSPS) is 14.0. The molecular formula is C21H26N4O6S. The van der Waals surface area contributed by atoms with Gasteiger partial charge in [0.2, 0.25) is 10.0 Å². The summed E-state index contributed by atoms with van der Waals surface area (Å²) >= 11 is 0. The second-order valence-corrected chi connectivity index (χ2v) is 9.08. The largest absolute Gasteiger partial charge is 0.497 e. The monoisotopic (exact) mass is 462 g/mol. The number of nitrogens with one attached hydrogen (secondary N) is 1. The van der Waals surface area contributed by atoms with Gasteiger partial charge in [0.05, 0.1) is 30.3 Å². The number of hydrazine groups is 3. The van der Waals surface area contributed by atoms with Crippen LogP contribution in [0.25, 0.3) is 0 Å². The minimum absolute atomic E-state index is 0.0200. The van der Waals surface area contributed by atoms with E-state index in [-0.39, 0.29) is 24.9 Å². The molecule has 3 rings (SSSR count). The van der Waals surface area contributed by atoms with Crippen LogP contribution in [0.5, 0.6) is 5.75 Å². The van der Waals surface area contributed by atoms with Gasteiger partial charge in [0.15, 0.2) is 0 Å². The van der Waals surface area contributed by atoms with Crippen LogP contribution in [-0.4, -0.2) is 55.5 Å². The SMILES string of the molecule is CCc1ccc(N(N2Nc3ccc(OC)cc3C(=O)N2CCCC(=O)O)S(C)(=O)=O)cc1. The predicted molar refractivity (Wildman–Crippen MR) is 120 cm³/mol. The minimum atomic E-state index is -3.89. The number of fused-ring (bicyclic) bond motifs is 1. The third kappa shape index (κ3) is 4.94. The maximum atomic E-state index is 13.4. The number of nitrogens with zero attached hydrogens (tertiary/aromatic N) is 3. The second-order valence-electron chi connectivity index (χ2n) is 7.26. The van der Waals surface area contributed by atoms with E-state index in [2.05, 4.69) is 5.43 Å². The average molecular weight is 463 g/mol. The third-order valence-corrected chi connectivity index (χ3v) is 5.95. The number of rotatable bonds is 9. The van der Waals surface area contributed by atoms with Crippen LogP contribution in [0.15, 0.2) is 42.5 Å². The smallest absolute Gasteiger partial charge is 0.303 e. The number of sulfonamides is 1. The number of carbonyl (C=O) groups is 2. The van der Waals surface area contributed by atoms with Gasteiger partial charge in [-0.3, -0.25) is 15.0 Å². The van der Waals surface area contributed by atoms with Gasteiger partial charge in [0.1, 0.15) is 5.75 Å². The van der Waals surface area contributed by atoms with Gasteiger partial charge in [-0.25, -0.2) is 13.4 Å². The lowest BCUT2D eigenvalue weighted by Gasteiger charge is -2.44. The van der Waals surface area contributed by atoms with E-state index in [4.69, 9.17) is 9.84 Å². The van der Waals surface area contributed by atoms with Gasteiger partial charge < -0.3 is 9.84 Å². The molecule has 0 atom stereocenters. The first-order valence-corrected chi connectivity index (χ1v) is 11.9. The van der Waals surface area contributed by atoms with Crippen molar-refractivity contribution in [1.82, 2.24) is 10.2 Å². The van der Waals surface area contributed by atoms with Gasteiger partial charge in [-0.1, -0.05) is 19.1 Å². The van der Waals surface area contributed by atoms with Gasteiger partial charge in [-0.15, -0.1) is 0 Å². The van der Waals surface area contributed by atoms with Crippen LogP contribution in [0, 0.1) is 0 Å². The lowest BCUT2D eigenvalue weighted by atomic mass is 10.1. The van der Waals surface area contributed by atoms with Crippen molar-refractivity contribution in [1.29, 1.82) is 0 Å². The molecule has 2 N–H and O–H groups in total. The molecule has 0 fully saturated rings. The molecule has 0 aromatic heterocycles. The Morgan fingerprint density at radius 1 is 1.19 bits per heavy atom. The van der Waals surface area contributed by atoms with Gasteiger partial charge in [-0.2, -0.15) is 4.41 Å². The maximum absolute atomic E-state index is 13.4. The van der Waals surface area contributed by atoms with Crippen molar-refractivity contribution in [2.45, 2.75) is 26.2 Å². The number of anilines is 2. The van der Waals surface area contributed by atoms with Crippen LogP contribution in [0.4, 0.5) is 11.4 Å². The number of amides is 1. The Balaban J connectivity index is 2.08. The van der Waals surface area contributed by atoms with E-state index in [1.54, 1.807) is 30.3 Å². The summed E-state index contributed by atoms with van der Waals surface area (Å²) in [6.07, 6.45) is 1.78. The van der Waals surface area contributed by atoms with Crippen molar-refractivity contribution in [3.63, 3.8) is 0 Å². The van der Waals surface area contributed by atoms with Crippen LogP contribution in [0.3, 0.4) is 0 Å². The number of carboxylic acid groups (broad SMARTS) is 1. The molecule has 11 heteroatoms. The summed E-state index contributed by atoms with van der Waals surface area (Å²) in [6.45, 7) is 1.97. The zero-order valence-corrected chi connectivity index (χ0v) is 18.9. The Labute approximate surface area is 186 Å². The second kappa shape index (κ2) is 9.45. The van der Waals surface area contributed by atoms with Gasteiger partial charge >= 0.3 is 5.97 Å². The number of benzene rings is 2. The van der Waals surface area contributed by atoms with E-state index in [1.807, 2.05) is 19.1 Å². The van der Waals surface area contributed by atoms with E-state index in [0.29, 0.717) is 17.1 Å². The molecule has 0 bridgehead atoms. The zero-order chi connectivity index (χ0) is 23.5. The molecule has 1 aliphatic heterocycles. The van der Waals surface area contributed by atoms with E-state index < -0.39 is 21.9 Å². The first kappa shape index (κ1) is 23.4. The standard InChI is InChI=1S/C21H26N4O6S/c1-4-15-7-9-16(10-8-15)24(32(3,29)30)25-22-19-12-11-17(31-2)14-18(19)21(28)23(25)13-5-6-20(26)27/h7-12,14,22H,4-6,13H2,1-3H3,(H,26,27). The molecule has 0 saturated carbocycles. The van der Waals surface area contributed by atoms with Crippen LogP contribution in [-0.2, 0) is 21.2 Å². The molecule has 0 aliphatic carbocycles. The fourth-order valence-electron chi connectivity index (χ4n) is 3.34. The van der Waals surface area contributed by atoms with Crippen molar-refractivity contribution in [3.05, 3.63) is 53.6 Å². The number of hydrogen-bond acceptors (Lipinski definition) is 7. The Morgan fingerprint density at radius 2 is 1.88 bits per heavy atom. The molecule has 2 aromatic carbocycles. The molecule has 0 spiro atoms. The van der Waals surface area contributed by atoms with E-state index in [0.717, 1.165) is 27.9 Å². The molecular weight excluding hydrogens is 436 g/mol. The summed E-state index contributed by atoms with van der Waals surface area (Å²) in [5.74, 6) is -1.03. The quantitative estimate of drug-likeness (QED) is 0.583. The highest BCUT2D eigenvalue weighted by atomic mass is 32.2. The Morgan fingerprint density at radius 3 is 2.44 bits per heavy atom. The van der Waals surface area contributed by atoms with Crippen molar-refractivity contribution in [2.24, 2.45) is 0 Å². The number of hydrogen-bond donors (Lipinski definition) is 2. The number of carboxylic acids is 1. The first-order valence-electron chi connectivity index (χ1n) is 10.0. The van der Waals surface area contributed by atoms with Crippen LogP contribution < -0.4 is 14.6 Å². The van der Waals surface area contributed by atoms with E-state index in [1.165, 1.54) is 12.1 Å². The number of aliphatic carboxylic acids is 1. The molecule has 2 aromatic rings. The van der Waals surface area contributed by atoms with Gasteiger partial charge in [-0.05, 0) is 54.0 Å². The summed E-state index contributed by atoms with van der Waals surface area (Å²) in [5.41, 5.74) is 5.01. The highest BCUT2D eigenvalue weighted by Crippen LogP contribution is 2.32. The lowest BCUT2D eigenvalue weighted by Crippen LogP contribution is -2.62. The number of carbonyl (C=O) groups excluding carboxylic acids is 1. The Kier molecular flexibility index (Phi) is 6.90. The van der Waals surface area contributed by atoms with Crippen molar-refractivity contribution >= 4 is 33.3 Å². The summed E-state index contributed by atoms with van der Waals surface area (Å²) in [7, 11) is -2.41. The molecule has 32 heavy (non-hydrogen) atoms. The Bertz CT molecular complexity index is 1100. The molecule has 0 saturated heterocycles. The summed E-state index contributed by atoms with van der Waals surface area (Å²) in [6, 6.07) is 11.8. The highest BCUT2D eigenvalue weighted by Gasteiger charge is 2.38. The van der Waals surface area contributed by atoms with Crippen LogP contribution >= 0.6 is 0 Å². The molecule has 0 radical (unpaired) electrons. The fraction of sp³-hybridized carbons (Fsp3) is 0.333. The molecule has 1 heterocycles. The molecule has 1 aliphatic rings. The highest BCUT2D eigenvalue weighted by molar-refractivity contribution is 7.92. The average Bonchev–Trinajstić information content (AvgIpc) is 2.75. The van der Waals surface area contributed by atoms with Gasteiger partial charge in [0, 0.05) is 13.0 Å². The number of ether oxygens (including phenoxy) is 1. The molecule has 0 unspecified atom stereocenters. The Hall–Kier alpha value is -3.31. The first-order chi connectivity index (χ1) is 15.2. The van der Waals surface area contributed by atoms with Crippen molar-refractivity contribution < 1.29 is 27.9 Å².